The van der Waals surface area contributed by atoms with E-state index in [0.717, 1.165) is 23.3 Å². The fourth-order valence-electron chi connectivity index (χ4n) is 2.60. The van der Waals surface area contributed by atoms with E-state index < -0.39 is 5.60 Å². The van der Waals surface area contributed by atoms with E-state index >= 15 is 0 Å². The van der Waals surface area contributed by atoms with Gasteiger partial charge in [0, 0.05) is 22.6 Å². The van der Waals surface area contributed by atoms with Crippen molar-refractivity contribution in [1.82, 2.24) is 0 Å². The molecule has 0 saturated carbocycles. The van der Waals surface area contributed by atoms with E-state index in [9.17, 15) is 5.11 Å². The molecular formula is C16H15ClO2. The van der Waals surface area contributed by atoms with Gasteiger partial charge in [-0.05, 0) is 18.6 Å². The first-order chi connectivity index (χ1) is 9.10. The molecule has 1 aliphatic heterocycles. The Hall–Kier alpha value is -1.51. The summed E-state index contributed by atoms with van der Waals surface area (Å²) in [6, 6.07) is 13.2. The number of hydrogen-bond donors (Lipinski definition) is 1. The second kappa shape index (κ2) is 4.55. The largest absolute Gasteiger partial charge is 0.493 e. The fraction of sp³-hybridized carbons (Fsp3) is 0.250. The summed E-state index contributed by atoms with van der Waals surface area (Å²) >= 11 is 6.21. The summed E-state index contributed by atoms with van der Waals surface area (Å²) in [5.74, 6) is 0.799. The highest BCUT2D eigenvalue weighted by molar-refractivity contribution is 6.31. The molecule has 1 unspecified atom stereocenters. The van der Waals surface area contributed by atoms with Crippen LogP contribution >= 0.6 is 11.6 Å². The minimum atomic E-state index is -1.16. The maximum absolute atomic E-state index is 10.9. The van der Waals surface area contributed by atoms with E-state index in [-0.39, 0.29) is 0 Å². The summed E-state index contributed by atoms with van der Waals surface area (Å²) in [5.41, 5.74) is 1.45. The molecule has 2 aromatic rings. The monoisotopic (exact) mass is 274 g/mol. The standard InChI is InChI=1S/C16H15ClO2/c1-16(18,12-6-2-3-8-14(12)17)13-7-4-5-11-9-10-19-15(11)13/h2-8,18H,9-10H2,1H3. The Bertz CT molecular complexity index is 620. The zero-order chi connectivity index (χ0) is 13.5. The van der Waals surface area contributed by atoms with E-state index in [2.05, 4.69) is 0 Å². The lowest BCUT2D eigenvalue weighted by molar-refractivity contribution is 0.0989. The number of aliphatic hydroxyl groups is 1. The van der Waals surface area contributed by atoms with Crippen molar-refractivity contribution in [3.05, 3.63) is 64.2 Å². The Labute approximate surface area is 117 Å². The van der Waals surface area contributed by atoms with Gasteiger partial charge < -0.3 is 9.84 Å². The summed E-state index contributed by atoms with van der Waals surface area (Å²) in [4.78, 5) is 0. The van der Waals surface area contributed by atoms with Crippen molar-refractivity contribution in [3.63, 3.8) is 0 Å². The molecule has 0 bridgehead atoms. The average molecular weight is 275 g/mol. The van der Waals surface area contributed by atoms with Crippen molar-refractivity contribution >= 4 is 11.6 Å². The van der Waals surface area contributed by atoms with Crippen molar-refractivity contribution < 1.29 is 9.84 Å². The van der Waals surface area contributed by atoms with Crippen molar-refractivity contribution in [3.8, 4) is 5.75 Å². The van der Waals surface area contributed by atoms with Gasteiger partial charge in [0.15, 0.2) is 0 Å². The van der Waals surface area contributed by atoms with Gasteiger partial charge in [-0.3, -0.25) is 0 Å². The topological polar surface area (TPSA) is 29.5 Å². The Kier molecular flexibility index (Phi) is 3.00. The molecule has 1 heterocycles. The van der Waals surface area contributed by atoms with E-state index in [1.165, 1.54) is 0 Å². The Morgan fingerprint density at radius 3 is 2.63 bits per heavy atom. The molecule has 19 heavy (non-hydrogen) atoms. The molecule has 0 aromatic heterocycles. The highest BCUT2D eigenvalue weighted by atomic mass is 35.5. The number of para-hydroxylation sites is 1. The molecule has 1 N–H and O–H groups in total. The third-order valence-electron chi connectivity index (χ3n) is 3.64. The van der Waals surface area contributed by atoms with Crippen LogP contribution in [-0.2, 0) is 12.0 Å². The SMILES string of the molecule is CC(O)(c1ccccc1Cl)c1cccc2c1OCC2. The first kappa shape index (κ1) is 12.5. The third-order valence-corrected chi connectivity index (χ3v) is 3.97. The molecule has 3 heteroatoms. The minimum absolute atomic E-state index is 0.558. The van der Waals surface area contributed by atoms with E-state index in [1.54, 1.807) is 13.0 Å². The van der Waals surface area contributed by atoms with Gasteiger partial charge in [-0.1, -0.05) is 48.0 Å². The highest BCUT2D eigenvalue weighted by Crippen LogP contribution is 2.41. The van der Waals surface area contributed by atoms with Crippen LogP contribution in [0.3, 0.4) is 0 Å². The molecule has 0 aliphatic carbocycles. The number of ether oxygens (including phenoxy) is 1. The zero-order valence-corrected chi connectivity index (χ0v) is 11.4. The molecule has 3 rings (SSSR count). The van der Waals surface area contributed by atoms with Gasteiger partial charge in [0.2, 0.25) is 0 Å². The first-order valence-corrected chi connectivity index (χ1v) is 6.71. The van der Waals surface area contributed by atoms with Gasteiger partial charge in [0.1, 0.15) is 11.4 Å². The molecule has 1 atom stereocenters. The summed E-state index contributed by atoms with van der Waals surface area (Å²) in [5, 5.41) is 11.5. The minimum Gasteiger partial charge on any atom is -0.493 e. The molecule has 0 fully saturated rings. The van der Waals surface area contributed by atoms with Gasteiger partial charge in [0.05, 0.1) is 6.61 Å². The van der Waals surface area contributed by atoms with Crippen LogP contribution in [-0.4, -0.2) is 11.7 Å². The lowest BCUT2D eigenvalue weighted by Crippen LogP contribution is -2.24. The van der Waals surface area contributed by atoms with Crippen LogP contribution in [0.1, 0.15) is 23.6 Å². The molecule has 0 radical (unpaired) electrons. The predicted molar refractivity (Wildman–Crippen MR) is 75.8 cm³/mol. The van der Waals surface area contributed by atoms with Gasteiger partial charge in [-0.15, -0.1) is 0 Å². The number of benzene rings is 2. The molecule has 0 saturated heterocycles. The maximum atomic E-state index is 10.9. The summed E-state index contributed by atoms with van der Waals surface area (Å²) < 4.78 is 5.67. The van der Waals surface area contributed by atoms with Crippen molar-refractivity contribution in [1.29, 1.82) is 0 Å². The smallest absolute Gasteiger partial charge is 0.129 e. The van der Waals surface area contributed by atoms with E-state index in [4.69, 9.17) is 16.3 Å². The van der Waals surface area contributed by atoms with Crippen LogP contribution in [0, 0.1) is 0 Å². The number of fused-ring (bicyclic) bond motifs is 1. The fourth-order valence-corrected chi connectivity index (χ4v) is 2.92. The molecular weight excluding hydrogens is 260 g/mol. The highest BCUT2D eigenvalue weighted by Gasteiger charge is 2.33. The lowest BCUT2D eigenvalue weighted by atomic mass is 9.86. The first-order valence-electron chi connectivity index (χ1n) is 6.33. The summed E-state index contributed by atoms with van der Waals surface area (Å²) in [7, 11) is 0. The van der Waals surface area contributed by atoms with Crippen molar-refractivity contribution in [2.24, 2.45) is 0 Å². The average Bonchev–Trinajstić information content (AvgIpc) is 2.86. The Morgan fingerprint density at radius 1 is 1.11 bits per heavy atom. The van der Waals surface area contributed by atoms with Crippen molar-refractivity contribution in [2.45, 2.75) is 18.9 Å². The quantitative estimate of drug-likeness (QED) is 0.908. The van der Waals surface area contributed by atoms with Crippen molar-refractivity contribution in [2.75, 3.05) is 6.61 Å². The van der Waals surface area contributed by atoms with Crippen LogP contribution in [0.15, 0.2) is 42.5 Å². The summed E-state index contributed by atoms with van der Waals surface area (Å²) in [6.45, 7) is 2.43. The summed E-state index contributed by atoms with van der Waals surface area (Å²) in [6.07, 6.45) is 0.891. The predicted octanol–water partition coefficient (Wildman–Crippen LogP) is 3.53. The molecule has 2 aromatic carbocycles. The molecule has 1 aliphatic rings. The molecule has 2 nitrogen and oxygen atoms in total. The van der Waals surface area contributed by atoms with Gasteiger partial charge in [0.25, 0.3) is 0 Å². The van der Waals surface area contributed by atoms with Crippen LogP contribution < -0.4 is 4.74 Å². The zero-order valence-electron chi connectivity index (χ0n) is 10.7. The second-order valence-corrected chi connectivity index (χ2v) is 5.35. The normalized spacial score (nSPS) is 16.6. The maximum Gasteiger partial charge on any atom is 0.129 e. The lowest BCUT2D eigenvalue weighted by Gasteiger charge is -2.27. The van der Waals surface area contributed by atoms with Crippen LogP contribution in [0.25, 0.3) is 0 Å². The van der Waals surface area contributed by atoms with Gasteiger partial charge in [-0.2, -0.15) is 0 Å². The van der Waals surface area contributed by atoms with E-state index in [0.29, 0.717) is 17.2 Å². The Morgan fingerprint density at radius 2 is 1.84 bits per heavy atom. The number of halogens is 1. The van der Waals surface area contributed by atoms with Crippen LogP contribution in [0.4, 0.5) is 0 Å². The third kappa shape index (κ3) is 2.01. The van der Waals surface area contributed by atoms with Crippen LogP contribution in [0.2, 0.25) is 5.02 Å². The van der Waals surface area contributed by atoms with Gasteiger partial charge in [-0.25, -0.2) is 0 Å². The van der Waals surface area contributed by atoms with Gasteiger partial charge >= 0.3 is 0 Å². The van der Waals surface area contributed by atoms with Crippen LogP contribution in [0.5, 0.6) is 5.75 Å². The molecule has 0 amide bonds. The number of hydrogen-bond acceptors (Lipinski definition) is 2. The molecule has 0 spiro atoms. The second-order valence-electron chi connectivity index (χ2n) is 4.94. The van der Waals surface area contributed by atoms with E-state index in [1.807, 2.05) is 36.4 Å². The molecule has 98 valence electrons. The Balaban J connectivity index is 2.16. The number of rotatable bonds is 2.